The highest BCUT2D eigenvalue weighted by atomic mass is 16.2. The maximum atomic E-state index is 14.3. The van der Waals surface area contributed by atoms with Crippen LogP contribution in [-0.2, 0) is 36.8 Å². The van der Waals surface area contributed by atoms with E-state index in [9.17, 15) is 24.0 Å². The Morgan fingerprint density at radius 2 is 1.29 bits per heavy atom. The number of carbonyl (C=O) groups is 5. The number of fused-ring (bicyclic) bond motifs is 1. The van der Waals surface area contributed by atoms with Gasteiger partial charge in [0.05, 0.1) is 6.54 Å². The Bertz CT molecular complexity index is 2080. The Morgan fingerprint density at radius 1 is 0.690 bits per heavy atom. The van der Waals surface area contributed by atoms with Crippen molar-refractivity contribution in [2.45, 2.75) is 109 Å². The largest absolute Gasteiger partial charge is 0.361 e. The van der Waals surface area contributed by atoms with Crippen molar-refractivity contribution in [3.8, 4) is 11.1 Å². The highest BCUT2D eigenvalue weighted by molar-refractivity contribution is 5.95. The summed E-state index contributed by atoms with van der Waals surface area (Å²) < 4.78 is 0. The molecule has 3 unspecified atom stereocenters. The quantitative estimate of drug-likeness (QED) is 0.0907. The van der Waals surface area contributed by atoms with E-state index in [1.54, 1.807) is 27.7 Å². The predicted octanol–water partition coefficient (Wildman–Crippen LogP) is 5.73. The molecule has 0 aliphatic heterocycles. The molecule has 4 fully saturated rings. The minimum Gasteiger partial charge on any atom is -0.361 e. The van der Waals surface area contributed by atoms with Gasteiger partial charge < -0.3 is 31.6 Å². The van der Waals surface area contributed by atoms with Crippen LogP contribution in [0.1, 0.15) is 83.8 Å². The summed E-state index contributed by atoms with van der Waals surface area (Å²) in [5, 5.41) is 15.8. The first-order chi connectivity index (χ1) is 27.8. The molecule has 1 heterocycles. The third-order valence-electron chi connectivity index (χ3n) is 12.4. The van der Waals surface area contributed by atoms with Crippen LogP contribution in [0.2, 0.25) is 0 Å². The first-order valence-corrected chi connectivity index (χ1v) is 21.0. The van der Waals surface area contributed by atoms with Crippen LogP contribution in [0.4, 0.5) is 0 Å². The molecule has 1 aromatic heterocycles. The summed E-state index contributed by atoms with van der Waals surface area (Å²) >= 11 is 0. The molecular weight excluding hydrogens is 729 g/mol. The zero-order valence-electron chi connectivity index (χ0n) is 34.2. The van der Waals surface area contributed by atoms with Gasteiger partial charge in [-0.25, -0.2) is 0 Å². The number of carbonyl (C=O) groups excluding carboxylic acids is 5. The fraction of sp³-hybridized carbons (Fsp3) is 0.468. The second kappa shape index (κ2) is 17.2. The van der Waals surface area contributed by atoms with Crippen LogP contribution in [0.3, 0.4) is 0 Å². The van der Waals surface area contributed by atoms with Crippen molar-refractivity contribution in [2.24, 2.45) is 23.2 Å². The summed E-state index contributed by atoms with van der Waals surface area (Å²) in [5.41, 5.74) is 3.83. The lowest BCUT2D eigenvalue weighted by Gasteiger charge is -2.57. The Morgan fingerprint density at radius 3 is 1.93 bits per heavy atom. The summed E-state index contributed by atoms with van der Waals surface area (Å²) in [4.78, 5) is 71.4. The molecule has 11 heteroatoms. The highest BCUT2D eigenvalue weighted by Gasteiger charge is 2.52. The lowest BCUT2D eigenvalue weighted by molar-refractivity contribution is -0.135. The Kier molecular flexibility index (Phi) is 12.1. The molecule has 3 atom stereocenters. The van der Waals surface area contributed by atoms with Gasteiger partial charge >= 0.3 is 0 Å². The highest BCUT2D eigenvalue weighted by Crippen LogP contribution is 2.55. The van der Waals surface area contributed by atoms with Gasteiger partial charge in [-0.15, -0.1) is 0 Å². The number of hydrogen-bond acceptors (Lipinski definition) is 5. The monoisotopic (exact) mass is 786 g/mol. The predicted molar refractivity (Wildman–Crippen MR) is 225 cm³/mol. The third kappa shape index (κ3) is 9.63. The van der Waals surface area contributed by atoms with E-state index in [0.717, 1.165) is 52.4 Å². The molecule has 4 saturated carbocycles. The number of aromatic nitrogens is 1. The van der Waals surface area contributed by atoms with Crippen LogP contribution < -0.4 is 26.6 Å². The van der Waals surface area contributed by atoms with Crippen LogP contribution in [0.5, 0.6) is 0 Å². The SMILES string of the molecule is CCC(NC(=O)CNC(=O)C(Cc1ccc(-c2ccccc2)cc1)NC(=O)C(C)(C)C)C(=O)NC(Cc1c[nH]c2ccccc12)C(=O)NC12CC3CC(CC(C3)C1)C2. The number of hydrogen-bond donors (Lipinski definition) is 6. The van der Waals surface area contributed by atoms with Crippen molar-refractivity contribution in [2.75, 3.05) is 6.54 Å². The van der Waals surface area contributed by atoms with Gasteiger partial charge in [0.2, 0.25) is 29.5 Å². The van der Waals surface area contributed by atoms with Crippen LogP contribution in [0, 0.1) is 23.2 Å². The van der Waals surface area contributed by atoms with E-state index in [1.165, 1.54) is 19.3 Å². The molecule has 5 amide bonds. The van der Waals surface area contributed by atoms with Gasteiger partial charge in [-0.05, 0) is 91.0 Å². The number of amides is 5. The van der Waals surface area contributed by atoms with E-state index in [0.29, 0.717) is 17.8 Å². The Hall–Kier alpha value is -5.45. The van der Waals surface area contributed by atoms with Gasteiger partial charge in [-0.2, -0.15) is 0 Å². The molecule has 4 aliphatic carbocycles. The van der Waals surface area contributed by atoms with Crippen molar-refractivity contribution in [3.05, 3.63) is 96.2 Å². The van der Waals surface area contributed by atoms with Gasteiger partial charge in [0.15, 0.2) is 0 Å². The van der Waals surface area contributed by atoms with E-state index in [1.807, 2.05) is 85.1 Å². The minimum atomic E-state index is -0.943. The maximum Gasteiger partial charge on any atom is 0.243 e. The number of nitrogens with one attached hydrogen (secondary N) is 6. The van der Waals surface area contributed by atoms with Gasteiger partial charge in [-0.3, -0.25) is 24.0 Å². The second-order valence-corrected chi connectivity index (χ2v) is 18.1. The summed E-state index contributed by atoms with van der Waals surface area (Å²) in [5.74, 6) is -0.115. The van der Waals surface area contributed by atoms with Crippen molar-refractivity contribution >= 4 is 40.4 Å². The first kappa shape index (κ1) is 40.7. The first-order valence-electron chi connectivity index (χ1n) is 21.0. The van der Waals surface area contributed by atoms with E-state index in [2.05, 4.69) is 31.6 Å². The van der Waals surface area contributed by atoms with Crippen LogP contribution in [0.25, 0.3) is 22.0 Å². The number of aromatic amines is 1. The molecule has 6 N–H and O–H groups in total. The van der Waals surface area contributed by atoms with Crippen LogP contribution >= 0.6 is 0 Å². The van der Waals surface area contributed by atoms with Crippen LogP contribution in [0.15, 0.2) is 85.1 Å². The zero-order chi connectivity index (χ0) is 41.0. The van der Waals surface area contributed by atoms with Gasteiger partial charge in [0, 0.05) is 40.9 Å². The van der Waals surface area contributed by atoms with E-state index in [-0.39, 0.29) is 36.6 Å². The Labute approximate surface area is 341 Å². The van der Waals surface area contributed by atoms with E-state index < -0.39 is 47.8 Å². The van der Waals surface area contributed by atoms with Gasteiger partial charge in [-0.1, -0.05) is 100 Å². The van der Waals surface area contributed by atoms with Gasteiger partial charge in [0.1, 0.15) is 18.1 Å². The summed E-state index contributed by atoms with van der Waals surface area (Å²) in [6, 6.07) is 22.9. The summed E-state index contributed by atoms with van der Waals surface area (Å²) in [7, 11) is 0. The molecule has 0 saturated heterocycles. The summed E-state index contributed by atoms with van der Waals surface area (Å²) in [6.07, 6.45) is 9.36. The number of para-hydroxylation sites is 1. The topological polar surface area (TPSA) is 161 Å². The normalized spacial score (nSPS) is 22.4. The molecule has 0 spiro atoms. The summed E-state index contributed by atoms with van der Waals surface area (Å²) in [6.45, 7) is 6.70. The minimum absolute atomic E-state index is 0.202. The van der Waals surface area contributed by atoms with Crippen molar-refractivity contribution < 1.29 is 24.0 Å². The smallest absolute Gasteiger partial charge is 0.243 e. The lowest BCUT2D eigenvalue weighted by atomic mass is 9.53. The molecule has 4 aliphatic rings. The average Bonchev–Trinajstić information content (AvgIpc) is 3.60. The van der Waals surface area contributed by atoms with Crippen LogP contribution in [-0.4, -0.2) is 64.7 Å². The zero-order valence-corrected chi connectivity index (χ0v) is 34.2. The molecule has 11 nitrogen and oxygen atoms in total. The molecule has 3 aromatic carbocycles. The van der Waals surface area contributed by atoms with E-state index >= 15 is 0 Å². The number of rotatable bonds is 15. The standard InChI is InChI=1S/C47H58N6O5/c1-5-37(50-41(54)28-49-42(55)39(52-45(58)46(2,3)4)22-29-15-17-34(18-16-29)33-11-7-6-8-12-33)43(56)51-40(23-35-27-48-38-14-10-9-13-36(35)38)44(57)53-47-24-30-19-31(25-47)21-32(20-30)26-47/h6-18,27,30-32,37,39-40,48H,5,19-26,28H2,1-4H3,(H,49,55)(H,50,54)(H,51,56)(H,52,58)(H,53,57). The third-order valence-corrected chi connectivity index (χ3v) is 12.4. The fourth-order valence-corrected chi connectivity index (χ4v) is 9.79. The van der Waals surface area contributed by atoms with E-state index in [4.69, 9.17) is 0 Å². The number of benzene rings is 3. The maximum absolute atomic E-state index is 14.3. The molecule has 4 bridgehead atoms. The lowest BCUT2D eigenvalue weighted by Crippen LogP contribution is -2.63. The Balaban J connectivity index is 0.993. The molecule has 4 aromatic rings. The second-order valence-electron chi connectivity index (χ2n) is 18.1. The van der Waals surface area contributed by atoms with Crippen molar-refractivity contribution in [1.29, 1.82) is 0 Å². The van der Waals surface area contributed by atoms with Crippen molar-refractivity contribution in [1.82, 2.24) is 31.6 Å². The molecule has 0 radical (unpaired) electrons. The fourth-order valence-electron chi connectivity index (χ4n) is 9.79. The molecule has 306 valence electrons. The molecule has 58 heavy (non-hydrogen) atoms. The van der Waals surface area contributed by atoms with Gasteiger partial charge in [0.25, 0.3) is 0 Å². The average molecular weight is 787 g/mol. The van der Waals surface area contributed by atoms with Crippen molar-refractivity contribution in [3.63, 3.8) is 0 Å². The molecular formula is C47H58N6O5. The molecule has 8 rings (SSSR count). The number of H-pyrrole nitrogens is 1.